The first-order valence-corrected chi connectivity index (χ1v) is 7.21. The lowest BCUT2D eigenvalue weighted by atomic mass is 10.0. The summed E-state index contributed by atoms with van der Waals surface area (Å²) < 4.78 is 1.01. The fourth-order valence-electron chi connectivity index (χ4n) is 1.71. The van der Waals surface area contributed by atoms with Gasteiger partial charge >= 0.3 is 0 Å². The monoisotopic (exact) mass is 278 g/mol. The van der Waals surface area contributed by atoms with Crippen LogP contribution in [0.25, 0.3) is 10.2 Å². The number of rotatable bonds is 5. The summed E-state index contributed by atoms with van der Waals surface area (Å²) in [4.78, 5) is 16.2. The number of carbonyl (C=O) groups excluding carboxylic acids is 1. The number of carbonyl (C=O) groups is 1. The molecule has 0 radical (unpaired) electrons. The highest BCUT2D eigenvalue weighted by Gasteiger charge is 2.13. The van der Waals surface area contributed by atoms with Gasteiger partial charge < -0.3 is 10.4 Å². The van der Waals surface area contributed by atoms with Gasteiger partial charge in [0.1, 0.15) is 0 Å². The lowest BCUT2D eigenvalue weighted by Gasteiger charge is -2.13. The molecule has 1 amide bonds. The largest absolute Gasteiger partial charge is 0.393 e. The van der Waals surface area contributed by atoms with Crippen molar-refractivity contribution in [3.8, 4) is 0 Å². The van der Waals surface area contributed by atoms with E-state index in [2.05, 4.69) is 10.3 Å². The number of thiazole rings is 1. The fourth-order valence-corrected chi connectivity index (χ4v) is 2.59. The average Bonchev–Trinajstić information content (AvgIpc) is 2.82. The average molecular weight is 278 g/mol. The maximum atomic E-state index is 11.9. The van der Waals surface area contributed by atoms with E-state index in [4.69, 9.17) is 0 Å². The second kappa shape index (κ2) is 6.12. The Labute approximate surface area is 116 Å². The Morgan fingerprint density at radius 1 is 1.42 bits per heavy atom. The summed E-state index contributed by atoms with van der Waals surface area (Å²) in [5.74, 6) is 0.0384. The van der Waals surface area contributed by atoms with Gasteiger partial charge in [-0.15, -0.1) is 11.3 Å². The summed E-state index contributed by atoms with van der Waals surface area (Å²) in [6.07, 6.45) is 0.185. The Bertz CT molecular complexity index is 532. The molecule has 19 heavy (non-hydrogen) atoms. The minimum absolute atomic E-state index is 0.169. The third-order valence-corrected chi connectivity index (χ3v) is 4.02. The number of aromatic nitrogens is 1. The van der Waals surface area contributed by atoms with E-state index >= 15 is 0 Å². The highest BCUT2D eigenvalue weighted by molar-refractivity contribution is 7.20. The van der Waals surface area contributed by atoms with Crippen molar-refractivity contribution < 1.29 is 9.90 Å². The molecular formula is C14H18N2O2S. The molecule has 2 rings (SSSR count). The SMILES string of the molecule is CC(C)C(O)CCNC(=O)c1nc2ccccc2s1. The Morgan fingerprint density at radius 2 is 2.16 bits per heavy atom. The molecule has 1 atom stereocenters. The van der Waals surface area contributed by atoms with Crippen molar-refractivity contribution in [1.29, 1.82) is 0 Å². The summed E-state index contributed by atoms with van der Waals surface area (Å²) >= 11 is 1.38. The van der Waals surface area contributed by atoms with E-state index in [9.17, 15) is 9.90 Å². The smallest absolute Gasteiger partial charge is 0.280 e. The maximum absolute atomic E-state index is 11.9. The van der Waals surface area contributed by atoms with Gasteiger partial charge in [0.15, 0.2) is 5.01 Å². The maximum Gasteiger partial charge on any atom is 0.280 e. The quantitative estimate of drug-likeness (QED) is 0.883. The second-order valence-electron chi connectivity index (χ2n) is 4.84. The molecule has 4 nitrogen and oxygen atoms in total. The molecule has 1 aromatic heterocycles. The van der Waals surface area contributed by atoms with E-state index in [0.29, 0.717) is 18.0 Å². The van der Waals surface area contributed by atoms with Crippen molar-refractivity contribution in [2.24, 2.45) is 5.92 Å². The molecule has 2 aromatic rings. The Morgan fingerprint density at radius 3 is 2.84 bits per heavy atom. The van der Waals surface area contributed by atoms with Crippen molar-refractivity contribution in [3.63, 3.8) is 0 Å². The van der Waals surface area contributed by atoms with E-state index in [1.54, 1.807) is 0 Å². The highest BCUT2D eigenvalue weighted by Crippen LogP contribution is 2.21. The minimum atomic E-state index is -0.379. The standard InChI is InChI=1S/C14H18N2O2S/c1-9(2)11(17)7-8-15-13(18)14-16-10-5-3-4-6-12(10)19-14/h3-6,9,11,17H,7-8H2,1-2H3,(H,15,18). The molecule has 0 fully saturated rings. The van der Waals surface area contributed by atoms with Gasteiger partial charge in [0.2, 0.25) is 0 Å². The molecule has 5 heteroatoms. The zero-order valence-corrected chi connectivity index (χ0v) is 11.9. The van der Waals surface area contributed by atoms with Crippen molar-refractivity contribution in [1.82, 2.24) is 10.3 Å². The highest BCUT2D eigenvalue weighted by atomic mass is 32.1. The molecule has 1 heterocycles. The number of aliphatic hydroxyl groups excluding tert-OH is 1. The van der Waals surface area contributed by atoms with Crippen molar-refractivity contribution in [2.75, 3.05) is 6.54 Å². The number of aliphatic hydroxyl groups is 1. The number of fused-ring (bicyclic) bond motifs is 1. The van der Waals surface area contributed by atoms with Gasteiger partial charge in [0.25, 0.3) is 5.91 Å². The second-order valence-corrected chi connectivity index (χ2v) is 5.87. The third kappa shape index (κ3) is 3.52. The molecule has 0 saturated heterocycles. The van der Waals surface area contributed by atoms with E-state index in [1.165, 1.54) is 11.3 Å². The lowest BCUT2D eigenvalue weighted by molar-refractivity contribution is 0.0920. The summed E-state index contributed by atoms with van der Waals surface area (Å²) in [6, 6.07) is 7.68. The molecule has 0 aliphatic carbocycles. The number of benzene rings is 1. The zero-order valence-electron chi connectivity index (χ0n) is 11.1. The molecule has 102 valence electrons. The van der Waals surface area contributed by atoms with Crippen molar-refractivity contribution in [2.45, 2.75) is 26.4 Å². The molecule has 2 N–H and O–H groups in total. The molecule has 1 unspecified atom stereocenters. The van der Waals surface area contributed by atoms with Crippen LogP contribution in [-0.2, 0) is 0 Å². The van der Waals surface area contributed by atoms with E-state index in [1.807, 2.05) is 38.1 Å². The summed E-state index contributed by atoms with van der Waals surface area (Å²) in [7, 11) is 0. The summed E-state index contributed by atoms with van der Waals surface area (Å²) in [5, 5.41) is 12.9. The number of nitrogens with one attached hydrogen (secondary N) is 1. The van der Waals surface area contributed by atoms with Gasteiger partial charge in [-0.05, 0) is 24.5 Å². The van der Waals surface area contributed by atoms with Gasteiger partial charge in [0.05, 0.1) is 16.3 Å². The van der Waals surface area contributed by atoms with Crippen molar-refractivity contribution in [3.05, 3.63) is 29.3 Å². The summed E-state index contributed by atoms with van der Waals surface area (Å²) in [5.41, 5.74) is 0.847. The van der Waals surface area contributed by atoms with Gasteiger partial charge in [-0.3, -0.25) is 4.79 Å². The van der Waals surface area contributed by atoms with Gasteiger partial charge in [-0.1, -0.05) is 26.0 Å². The van der Waals surface area contributed by atoms with Crippen LogP contribution in [0.3, 0.4) is 0 Å². The number of para-hydroxylation sites is 1. The van der Waals surface area contributed by atoms with E-state index < -0.39 is 0 Å². The van der Waals surface area contributed by atoms with Gasteiger partial charge in [-0.25, -0.2) is 4.98 Å². The molecule has 0 aliphatic heterocycles. The van der Waals surface area contributed by atoms with Crippen LogP contribution in [0, 0.1) is 5.92 Å². The number of hydrogen-bond acceptors (Lipinski definition) is 4. The first kappa shape index (κ1) is 14.0. The Kier molecular flexibility index (Phi) is 4.50. The van der Waals surface area contributed by atoms with Crippen LogP contribution < -0.4 is 5.32 Å². The fraction of sp³-hybridized carbons (Fsp3) is 0.429. The number of amides is 1. The Balaban J connectivity index is 1.93. The predicted molar refractivity (Wildman–Crippen MR) is 77.4 cm³/mol. The van der Waals surface area contributed by atoms with Crippen LogP contribution in [-0.4, -0.2) is 28.6 Å². The molecule has 0 spiro atoms. The first-order chi connectivity index (χ1) is 9.08. The predicted octanol–water partition coefficient (Wildman–Crippen LogP) is 2.43. The molecular weight excluding hydrogens is 260 g/mol. The van der Waals surface area contributed by atoms with Gasteiger partial charge in [0, 0.05) is 6.54 Å². The van der Waals surface area contributed by atoms with Crippen LogP contribution in [0.2, 0.25) is 0 Å². The normalized spacial score (nSPS) is 12.8. The van der Waals surface area contributed by atoms with Crippen LogP contribution in [0.1, 0.15) is 30.1 Å². The van der Waals surface area contributed by atoms with Crippen molar-refractivity contribution >= 4 is 27.5 Å². The van der Waals surface area contributed by atoms with Gasteiger partial charge in [-0.2, -0.15) is 0 Å². The van der Waals surface area contributed by atoms with Crippen LogP contribution in [0.5, 0.6) is 0 Å². The lowest BCUT2D eigenvalue weighted by Crippen LogP contribution is -2.28. The van der Waals surface area contributed by atoms with E-state index in [0.717, 1.165) is 10.2 Å². The number of nitrogens with zero attached hydrogens (tertiary/aromatic N) is 1. The van der Waals surface area contributed by atoms with Crippen LogP contribution in [0.4, 0.5) is 0 Å². The summed E-state index contributed by atoms with van der Waals surface area (Å²) in [6.45, 7) is 4.38. The molecule has 0 aliphatic rings. The molecule has 0 saturated carbocycles. The van der Waals surface area contributed by atoms with Crippen LogP contribution in [0.15, 0.2) is 24.3 Å². The topological polar surface area (TPSA) is 62.2 Å². The van der Waals surface area contributed by atoms with Crippen LogP contribution >= 0.6 is 11.3 Å². The zero-order chi connectivity index (χ0) is 13.8. The number of hydrogen-bond donors (Lipinski definition) is 2. The third-order valence-electron chi connectivity index (χ3n) is 2.98. The molecule has 1 aromatic carbocycles. The first-order valence-electron chi connectivity index (χ1n) is 6.39. The van der Waals surface area contributed by atoms with E-state index in [-0.39, 0.29) is 17.9 Å². The Hall–Kier alpha value is -1.46. The minimum Gasteiger partial charge on any atom is -0.393 e. The molecule has 0 bridgehead atoms.